The standard InChI is InChI=1S/C22H22N2O3S/c1-15-5-4-6-19(13-15)24-28(26,27)20-11-9-18(10-12-20)22(25)23-21-14-16(2)7-8-17(21)3/h4-14,24H,1-3H3,(H,23,25). The third-order valence-electron chi connectivity index (χ3n) is 4.34. The lowest BCUT2D eigenvalue weighted by molar-refractivity contribution is 0.102. The van der Waals surface area contributed by atoms with Crippen LogP contribution >= 0.6 is 0 Å². The fourth-order valence-electron chi connectivity index (χ4n) is 2.77. The maximum Gasteiger partial charge on any atom is 0.261 e. The molecule has 0 aliphatic rings. The molecule has 144 valence electrons. The third-order valence-corrected chi connectivity index (χ3v) is 5.74. The zero-order chi connectivity index (χ0) is 20.3. The topological polar surface area (TPSA) is 75.3 Å². The first-order chi connectivity index (χ1) is 13.2. The Morgan fingerprint density at radius 3 is 2.18 bits per heavy atom. The van der Waals surface area contributed by atoms with E-state index in [-0.39, 0.29) is 10.8 Å². The molecule has 28 heavy (non-hydrogen) atoms. The predicted molar refractivity (Wildman–Crippen MR) is 112 cm³/mol. The molecular formula is C22H22N2O3S. The summed E-state index contributed by atoms with van der Waals surface area (Å²) < 4.78 is 27.7. The molecular weight excluding hydrogens is 372 g/mol. The molecule has 5 nitrogen and oxygen atoms in total. The smallest absolute Gasteiger partial charge is 0.261 e. The molecule has 0 saturated carbocycles. The van der Waals surface area contributed by atoms with Gasteiger partial charge in [0.15, 0.2) is 0 Å². The second-order valence-electron chi connectivity index (χ2n) is 6.77. The zero-order valence-corrected chi connectivity index (χ0v) is 16.8. The number of carbonyl (C=O) groups excluding carboxylic acids is 1. The average Bonchev–Trinajstić information content (AvgIpc) is 2.64. The van der Waals surface area contributed by atoms with Crippen LogP contribution in [-0.2, 0) is 10.0 Å². The van der Waals surface area contributed by atoms with Crippen LogP contribution in [0.1, 0.15) is 27.0 Å². The Bertz CT molecular complexity index is 1120. The summed E-state index contributed by atoms with van der Waals surface area (Å²) in [7, 11) is -3.73. The molecule has 0 bridgehead atoms. The first-order valence-corrected chi connectivity index (χ1v) is 10.3. The van der Waals surface area contributed by atoms with Gasteiger partial charge in [-0.2, -0.15) is 0 Å². The maximum absolute atomic E-state index is 12.6. The quantitative estimate of drug-likeness (QED) is 0.661. The highest BCUT2D eigenvalue weighted by Gasteiger charge is 2.16. The van der Waals surface area contributed by atoms with Gasteiger partial charge < -0.3 is 5.32 Å². The van der Waals surface area contributed by atoms with Crippen molar-refractivity contribution in [2.24, 2.45) is 0 Å². The van der Waals surface area contributed by atoms with Gasteiger partial charge >= 0.3 is 0 Å². The van der Waals surface area contributed by atoms with Crippen molar-refractivity contribution < 1.29 is 13.2 Å². The lowest BCUT2D eigenvalue weighted by atomic mass is 10.1. The molecule has 3 aromatic rings. The Kier molecular flexibility index (Phi) is 5.51. The molecule has 0 atom stereocenters. The summed E-state index contributed by atoms with van der Waals surface area (Å²) in [6, 6.07) is 18.8. The van der Waals surface area contributed by atoms with E-state index < -0.39 is 10.0 Å². The lowest BCUT2D eigenvalue weighted by Gasteiger charge is -2.11. The van der Waals surface area contributed by atoms with Gasteiger partial charge in [-0.3, -0.25) is 9.52 Å². The van der Waals surface area contributed by atoms with E-state index in [1.807, 2.05) is 45.0 Å². The molecule has 0 aliphatic carbocycles. The van der Waals surface area contributed by atoms with Crippen molar-refractivity contribution in [1.82, 2.24) is 0 Å². The van der Waals surface area contributed by atoms with Gasteiger partial charge in [0.2, 0.25) is 0 Å². The number of nitrogens with one attached hydrogen (secondary N) is 2. The third kappa shape index (κ3) is 4.58. The SMILES string of the molecule is Cc1cccc(NS(=O)(=O)c2ccc(C(=O)Nc3cc(C)ccc3C)cc2)c1. The normalized spacial score (nSPS) is 11.1. The molecule has 0 saturated heterocycles. The Morgan fingerprint density at radius 2 is 1.50 bits per heavy atom. The molecule has 0 heterocycles. The number of benzene rings is 3. The summed E-state index contributed by atoms with van der Waals surface area (Å²) in [4.78, 5) is 12.6. The number of carbonyl (C=O) groups is 1. The second kappa shape index (κ2) is 7.86. The minimum Gasteiger partial charge on any atom is -0.322 e. The number of anilines is 2. The number of aryl methyl sites for hydroxylation is 3. The first-order valence-electron chi connectivity index (χ1n) is 8.83. The number of hydrogen-bond acceptors (Lipinski definition) is 3. The predicted octanol–water partition coefficient (Wildman–Crippen LogP) is 4.66. The van der Waals surface area contributed by atoms with Gasteiger partial charge in [0, 0.05) is 16.9 Å². The zero-order valence-electron chi connectivity index (χ0n) is 16.0. The van der Waals surface area contributed by atoms with Crippen molar-refractivity contribution in [3.63, 3.8) is 0 Å². The van der Waals surface area contributed by atoms with E-state index in [2.05, 4.69) is 10.0 Å². The Hall–Kier alpha value is -3.12. The van der Waals surface area contributed by atoms with E-state index in [1.165, 1.54) is 24.3 Å². The van der Waals surface area contributed by atoms with E-state index >= 15 is 0 Å². The summed E-state index contributed by atoms with van der Waals surface area (Å²) in [6.45, 7) is 5.76. The Balaban J connectivity index is 1.77. The fourth-order valence-corrected chi connectivity index (χ4v) is 3.82. The van der Waals surface area contributed by atoms with Crippen molar-refractivity contribution in [2.75, 3.05) is 10.0 Å². The van der Waals surface area contributed by atoms with Crippen LogP contribution in [-0.4, -0.2) is 14.3 Å². The molecule has 3 rings (SSSR count). The van der Waals surface area contributed by atoms with E-state index in [9.17, 15) is 13.2 Å². The van der Waals surface area contributed by atoms with Crippen LogP contribution < -0.4 is 10.0 Å². The lowest BCUT2D eigenvalue weighted by Crippen LogP contribution is -2.15. The monoisotopic (exact) mass is 394 g/mol. The maximum atomic E-state index is 12.6. The van der Waals surface area contributed by atoms with Crippen molar-refractivity contribution >= 4 is 27.3 Å². The number of hydrogen-bond donors (Lipinski definition) is 2. The van der Waals surface area contributed by atoms with Gasteiger partial charge in [-0.1, -0.05) is 24.3 Å². The van der Waals surface area contributed by atoms with Crippen LogP contribution in [0.2, 0.25) is 0 Å². The average molecular weight is 394 g/mol. The van der Waals surface area contributed by atoms with Crippen LogP contribution in [0.3, 0.4) is 0 Å². The van der Waals surface area contributed by atoms with E-state index in [1.54, 1.807) is 18.2 Å². The number of sulfonamides is 1. The van der Waals surface area contributed by atoms with Crippen molar-refractivity contribution in [2.45, 2.75) is 25.7 Å². The molecule has 3 aromatic carbocycles. The van der Waals surface area contributed by atoms with Crippen molar-refractivity contribution in [3.05, 3.63) is 89.0 Å². The first kappa shape index (κ1) is 19.6. The molecule has 0 radical (unpaired) electrons. The molecule has 2 N–H and O–H groups in total. The minimum absolute atomic E-state index is 0.0947. The molecule has 6 heteroatoms. The van der Waals surface area contributed by atoms with Gasteiger partial charge in [-0.15, -0.1) is 0 Å². The van der Waals surface area contributed by atoms with Gasteiger partial charge in [0.1, 0.15) is 0 Å². The van der Waals surface area contributed by atoms with E-state index in [0.29, 0.717) is 11.3 Å². The van der Waals surface area contributed by atoms with Gasteiger partial charge in [-0.05, 0) is 79.9 Å². The van der Waals surface area contributed by atoms with E-state index in [0.717, 1.165) is 22.4 Å². The van der Waals surface area contributed by atoms with Crippen molar-refractivity contribution in [3.8, 4) is 0 Å². The van der Waals surface area contributed by atoms with Crippen LogP contribution in [0.4, 0.5) is 11.4 Å². The summed E-state index contributed by atoms with van der Waals surface area (Å²) in [5, 5.41) is 2.87. The van der Waals surface area contributed by atoms with Crippen LogP contribution in [0.25, 0.3) is 0 Å². The summed E-state index contributed by atoms with van der Waals surface area (Å²) in [5.41, 5.74) is 4.58. The largest absolute Gasteiger partial charge is 0.322 e. The Morgan fingerprint density at radius 1 is 0.821 bits per heavy atom. The number of rotatable bonds is 5. The Labute approximate surface area is 165 Å². The highest BCUT2D eigenvalue weighted by Crippen LogP contribution is 2.20. The van der Waals surface area contributed by atoms with Crippen molar-refractivity contribution in [1.29, 1.82) is 0 Å². The fraction of sp³-hybridized carbons (Fsp3) is 0.136. The molecule has 0 aliphatic heterocycles. The van der Waals surface area contributed by atoms with Gasteiger partial charge in [0.05, 0.1) is 4.90 Å². The number of amides is 1. The molecule has 0 unspecified atom stereocenters. The molecule has 0 fully saturated rings. The van der Waals surface area contributed by atoms with Gasteiger partial charge in [0.25, 0.3) is 15.9 Å². The molecule has 0 aromatic heterocycles. The van der Waals surface area contributed by atoms with Crippen LogP contribution in [0, 0.1) is 20.8 Å². The minimum atomic E-state index is -3.73. The summed E-state index contributed by atoms with van der Waals surface area (Å²) in [5.74, 6) is -0.288. The van der Waals surface area contributed by atoms with Crippen LogP contribution in [0.15, 0.2) is 71.6 Å². The highest BCUT2D eigenvalue weighted by atomic mass is 32.2. The van der Waals surface area contributed by atoms with Crippen LogP contribution in [0.5, 0.6) is 0 Å². The molecule has 0 spiro atoms. The summed E-state index contributed by atoms with van der Waals surface area (Å²) in [6.07, 6.45) is 0. The van der Waals surface area contributed by atoms with E-state index in [4.69, 9.17) is 0 Å². The molecule has 1 amide bonds. The summed E-state index contributed by atoms with van der Waals surface area (Å²) >= 11 is 0. The second-order valence-corrected chi connectivity index (χ2v) is 8.45. The van der Waals surface area contributed by atoms with Gasteiger partial charge in [-0.25, -0.2) is 8.42 Å². The highest BCUT2D eigenvalue weighted by molar-refractivity contribution is 7.92.